The standard InChI is InChI=1S/C13H16O10/c14-3-7-9(17)10(18)11(19)13(23-7)22-6-2-4(12(20)21)1-5(15)8(6)16/h1-2,7,9-11,13-19H,3H2,(H,20,21)/t7?,9?,10-,11-,13?/m0/s1. The maximum absolute atomic E-state index is 10.9. The quantitative estimate of drug-likeness (QED) is 0.304. The number of carboxylic acid groups (broad SMARTS) is 1. The van der Waals surface area contributed by atoms with Crippen LogP contribution in [0.15, 0.2) is 12.1 Å². The van der Waals surface area contributed by atoms with Crippen molar-refractivity contribution in [3.05, 3.63) is 17.7 Å². The van der Waals surface area contributed by atoms with Gasteiger partial charge in [0.05, 0.1) is 12.2 Å². The van der Waals surface area contributed by atoms with E-state index in [1.54, 1.807) is 0 Å². The van der Waals surface area contributed by atoms with Gasteiger partial charge in [0.1, 0.15) is 24.4 Å². The minimum absolute atomic E-state index is 0.403. The van der Waals surface area contributed by atoms with Crippen LogP contribution in [0.4, 0.5) is 0 Å². The van der Waals surface area contributed by atoms with Crippen molar-refractivity contribution in [2.45, 2.75) is 30.7 Å². The van der Waals surface area contributed by atoms with Gasteiger partial charge in [-0.15, -0.1) is 0 Å². The van der Waals surface area contributed by atoms with E-state index in [-0.39, 0.29) is 0 Å². The van der Waals surface area contributed by atoms with Crippen molar-refractivity contribution in [1.82, 2.24) is 0 Å². The first-order valence-corrected chi connectivity index (χ1v) is 6.52. The van der Waals surface area contributed by atoms with E-state index in [9.17, 15) is 30.3 Å². The van der Waals surface area contributed by atoms with E-state index in [0.29, 0.717) is 0 Å². The molecule has 0 saturated carbocycles. The highest BCUT2D eigenvalue weighted by Gasteiger charge is 2.45. The summed E-state index contributed by atoms with van der Waals surface area (Å²) in [4.78, 5) is 10.9. The number of aliphatic hydroxyl groups is 4. The first-order valence-electron chi connectivity index (χ1n) is 6.52. The number of phenols is 2. The van der Waals surface area contributed by atoms with Crippen LogP contribution in [-0.2, 0) is 4.74 Å². The predicted molar refractivity (Wildman–Crippen MR) is 71.1 cm³/mol. The van der Waals surface area contributed by atoms with Crippen molar-refractivity contribution in [2.75, 3.05) is 6.61 Å². The Hall–Kier alpha value is -2.11. The molecule has 0 amide bonds. The summed E-state index contributed by atoms with van der Waals surface area (Å²) in [5, 5.41) is 66.3. The largest absolute Gasteiger partial charge is 0.504 e. The Labute approximate surface area is 129 Å². The van der Waals surface area contributed by atoms with E-state index in [1.807, 2.05) is 0 Å². The zero-order valence-electron chi connectivity index (χ0n) is 11.6. The summed E-state index contributed by atoms with van der Waals surface area (Å²) >= 11 is 0. The number of rotatable bonds is 4. The van der Waals surface area contributed by atoms with Crippen LogP contribution >= 0.6 is 0 Å². The summed E-state index contributed by atoms with van der Waals surface area (Å²) < 4.78 is 10.2. The molecule has 7 N–H and O–H groups in total. The summed E-state index contributed by atoms with van der Waals surface area (Å²) in [6, 6.07) is 1.66. The van der Waals surface area contributed by atoms with E-state index in [1.165, 1.54) is 0 Å². The maximum Gasteiger partial charge on any atom is 0.335 e. The van der Waals surface area contributed by atoms with Gasteiger partial charge in [0.2, 0.25) is 12.0 Å². The summed E-state index contributed by atoms with van der Waals surface area (Å²) in [6.07, 6.45) is -7.91. The smallest absolute Gasteiger partial charge is 0.335 e. The Bertz CT molecular complexity index is 586. The number of hydrogen-bond donors (Lipinski definition) is 7. The Morgan fingerprint density at radius 2 is 1.78 bits per heavy atom. The lowest BCUT2D eigenvalue weighted by molar-refractivity contribution is -0.277. The van der Waals surface area contributed by atoms with Gasteiger partial charge in [-0.1, -0.05) is 0 Å². The van der Waals surface area contributed by atoms with E-state index in [0.717, 1.165) is 12.1 Å². The van der Waals surface area contributed by atoms with E-state index in [4.69, 9.17) is 19.7 Å². The van der Waals surface area contributed by atoms with Gasteiger partial charge in [0.25, 0.3) is 0 Å². The second-order valence-electron chi connectivity index (χ2n) is 4.96. The number of aromatic carboxylic acids is 1. The molecule has 1 fully saturated rings. The first-order chi connectivity index (χ1) is 10.8. The molecule has 1 saturated heterocycles. The molecule has 10 heteroatoms. The third kappa shape index (κ3) is 3.30. The van der Waals surface area contributed by atoms with Crippen molar-refractivity contribution >= 4 is 5.97 Å². The van der Waals surface area contributed by atoms with Crippen LogP contribution in [0.5, 0.6) is 17.2 Å². The van der Waals surface area contributed by atoms with E-state index in [2.05, 4.69) is 0 Å². The van der Waals surface area contributed by atoms with E-state index >= 15 is 0 Å². The van der Waals surface area contributed by atoms with E-state index < -0.39 is 66.1 Å². The fourth-order valence-electron chi connectivity index (χ4n) is 2.10. The molecule has 5 atom stereocenters. The summed E-state index contributed by atoms with van der Waals surface area (Å²) in [5.41, 5.74) is -0.403. The van der Waals surface area contributed by atoms with Crippen LogP contribution in [0.25, 0.3) is 0 Å². The van der Waals surface area contributed by atoms with Crippen LogP contribution in [0.1, 0.15) is 10.4 Å². The highest BCUT2D eigenvalue weighted by Crippen LogP contribution is 2.38. The summed E-state index contributed by atoms with van der Waals surface area (Å²) in [6.45, 7) is -0.683. The lowest BCUT2D eigenvalue weighted by atomic mass is 9.99. The molecule has 0 radical (unpaired) electrons. The number of benzene rings is 1. The molecule has 128 valence electrons. The molecular formula is C13H16O10. The second kappa shape index (κ2) is 6.56. The molecule has 3 unspecified atom stereocenters. The summed E-state index contributed by atoms with van der Waals surface area (Å²) in [5.74, 6) is -3.50. The Morgan fingerprint density at radius 3 is 2.35 bits per heavy atom. The van der Waals surface area contributed by atoms with Crippen molar-refractivity contribution in [2.24, 2.45) is 0 Å². The van der Waals surface area contributed by atoms with Gasteiger partial charge in [-0.25, -0.2) is 4.79 Å². The van der Waals surface area contributed by atoms with Crippen LogP contribution < -0.4 is 4.74 Å². The molecule has 0 spiro atoms. The van der Waals surface area contributed by atoms with Crippen LogP contribution in [0.3, 0.4) is 0 Å². The number of phenolic OH excluding ortho intramolecular Hbond substituents is 2. The molecule has 1 aromatic carbocycles. The molecule has 23 heavy (non-hydrogen) atoms. The molecule has 2 rings (SSSR count). The minimum atomic E-state index is -1.75. The highest BCUT2D eigenvalue weighted by atomic mass is 16.7. The van der Waals surface area contributed by atoms with Crippen molar-refractivity contribution in [3.8, 4) is 17.2 Å². The molecule has 0 aromatic heterocycles. The zero-order valence-corrected chi connectivity index (χ0v) is 11.6. The first kappa shape index (κ1) is 17.2. The van der Waals surface area contributed by atoms with Crippen LogP contribution in [-0.4, -0.2) is 79.0 Å². The molecule has 1 heterocycles. The third-order valence-corrected chi connectivity index (χ3v) is 3.39. The van der Waals surface area contributed by atoms with Gasteiger partial charge in [-0.05, 0) is 12.1 Å². The number of aromatic hydroxyl groups is 2. The lowest BCUT2D eigenvalue weighted by Crippen LogP contribution is -2.60. The third-order valence-electron chi connectivity index (χ3n) is 3.39. The normalized spacial score (nSPS) is 30.9. The topological polar surface area (TPSA) is 177 Å². The molecule has 1 aliphatic rings. The van der Waals surface area contributed by atoms with Gasteiger partial charge in [-0.3, -0.25) is 0 Å². The minimum Gasteiger partial charge on any atom is -0.504 e. The fraction of sp³-hybridized carbons (Fsp3) is 0.462. The number of carboxylic acids is 1. The average molecular weight is 332 g/mol. The van der Waals surface area contributed by atoms with Gasteiger partial charge < -0.3 is 45.2 Å². The fourth-order valence-corrected chi connectivity index (χ4v) is 2.10. The maximum atomic E-state index is 10.9. The summed E-state index contributed by atoms with van der Waals surface area (Å²) in [7, 11) is 0. The zero-order chi connectivity index (χ0) is 17.3. The lowest BCUT2D eigenvalue weighted by Gasteiger charge is -2.39. The predicted octanol–water partition coefficient (Wildman–Crippen LogP) is -2.03. The van der Waals surface area contributed by atoms with Crippen LogP contribution in [0.2, 0.25) is 0 Å². The SMILES string of the molecule is O=C(O)c1cc(O)c(O)c(OC2OC(CO)C(O)[C@H](O)[C@@H]2O)c1. The average Bonchev–Trinajstić information content (AvgIpc) is 2.51. The van der Waals surface area contributed by atoms with Crippen molar-refractivity contribution in [3.63, 3.8) is 0 Å². The molecule has 1 aromatic rings. The number of hydrogen-bond acceptors (Lipinski definition) is 9. The molecule has 0 aliphatic carbocycles. The Morgan fingerprint density at radius 1 is 1.13 bits per heavy atom. The number of carbonyl (C=O) groups is 1. The van der Waals surface area contributed by atoms with Gasteiger partial charge in [0, 0.05) is 0 Å². The number of aliphatic hydroxyl groups excluding tert-OH is 4. The van der Waals surface area contributed by atoms with Crippen molar-refractivity contribution < 1.29 is 50.0 Å². The molecular weight excluding hydrogens is 316 g/mol. The Kier molecular flexibility index (Phi) is 4.92. The van der Waals surface area contributed by atoms with Gasteiger partial charge in [-0.2, -0.15) is 0 Å². The molecule has 0 bridgehead atoms. The van der Waals surface area contributed by atoms with Crippen molar-refractivity contribution in [1.29, 1.82) is 0 Å². The monoisotopic (exact) mass is 332 g/mol. The molecule has 10 nitrogen and oxygen atoms in total. The molecule has 1 aliphatic heterocycles. The van der Waals surface area contributed by atoms with Crippen LogP contribution in [0, 0.1) is 0 Å². The Balaban J connectivity index is 2.29. The van der Waals surface area contributed by atoms with Gasteiger partial charge in [0.15, 0.2) is 11.5 Å². The highest BCUT2D eigenvalue weighted by molar-refractivity contribution is 5.89. The number of ether oxygens (including phenoxy) is 2. The second-order valence-corrected chi connectivity index (χ2v) is 4.96. The van der Waals surface area contributed by atoms with Gasteiger partial charge >= 0.3 is 5.97 Å².